The summed E-state index contributed by atoms with van der Waals surface area (Å²) in [5.74, 6) is -2.10. The molecule has 0 radical (unpaired) electrons. The molecule has 35 heavy (non-hydrogen) atoms. The van der Waals surface area contributed by atoms with Crippen LogP contribution in [0.25, 0.3) is 16.8 Å². The number of nitrogens with zero attached hydrogens (tertiary/aromatic N) is 5. The Morgan fingerprint density at radius 1 is 1.17 bits per heavy atom. The summed E-state index contributed by atoms with van der Waals surface area (Å²) < 4.78 is 28.4. The summed E-state index contributed by atoms with van der Waals surface area (Å²) in [6.07, 6.45) is 5.51. The number of aliphatic imine (C=N–C) groups is 1. The van der Waals surface area contributed by atoms with E-state index < -0.39 is 5.92 Å². The van der Waals surface area contributed by atoms with Crippen molar-refractivity contribution in [3.8, 4) is 11.3 Å². The maximum Gasteiger partial charge on any atom is 0.248 e. The highest BCUT2D eigenvalue weighted by molar-refractivity contribution is 5.83. The van der Waals surface area contributed by atoms with Crippen LogP contribution in [-0.4, -0.2) is 37.3 Å². The lowest BCUT2D eigenvalue weighted by atomic mass is 9.92. The highest BCUT2D eigenvalue weighted by Crippen LogP contribution is 2.34. The smallest absolute Gasteiger partial charge is 0.248 e. The number of aryl methyl sites for hydroxylation is 1. The lowest BCUT2D eigenvalue weighted by Gasteiger charge is -2.28. The van der Waals surface area contributed by atoms with Crippen LogP contribution in [0.4, 0.5) is 20.4 Å². The van der Waals surface area contributed by atoms with Crippen molar-refractivity contribution < 1.29 is 8.78 Å². The first kappa shape index (κ1) is 26.7. The van der Waals surface area contributed by atoms with Crippen LogP contribution in [0.5, 0.6) is 0 Å². The summed E-state index contributed by atoms with van der Waals surface area (Å²) in [5, 5.41) is 7.68. The van der Waals surface area contributed by atoms with Crippen LogP contribution in [-0.2, 0) is 0 Å². The molecule has 3 heterocycles. The molecule has 4 rings (SSSR count). The lowest BCUT2D eigenvalue weighted by Crippen LogP contribution is -2.32. The average molecular weight is 485 g/mol. The molecule has 0 atom stereocenters. The summed E-state index contributed by atoms with van der Waals surface area (Å²) in [6.45, 7) is 14.8. The van der Waals surface area contributed by atoms with Crippen molar-refractivity contribution in [2.45, 2.75) is 92.5 Å². The third-order valence-corrected chi connectivity index (χ3v) is 6.21. The van der Waals surface area contributed by atoms with Crippen molar-refractivity contribution in [1.82, 2.24) is 19.6 Å². The van der Waals surface area contributed by atoms with E-state index >= 15 is 0 Å². The Labute approximate surface area is 207 Å². The first-order valence-electron chi connectivity index (χ1n) is 12.4. The molecule has 0 unspecified atom stereocenters. The Morgan fingerprint density at radius 3 is 2.40 bits per heavy atom. The fourth-order valence-electron chi connectivity index (χ4n) is 3.61. The van der Waals surface area contributed by atoms with Gasteiger partial charge in [-0.3, -0.25) is 9.98 Å². The second-order valence-electron chi connectivity index (χ2n) is 10.7. The van der Waals surface area contributed by atoms with E-state index in [0.717, 1.165) is 33.9 Å². The van der Waals surface area contributed by atoms with E-state index in [1.165, 1.54) is 6.42 Å². The zero-order chi connectivity index (χ0) is 25.8. The first-order chi connectivity index (χ1) is 16.4. The molecule has 1 fully saturated rings. The maximum absolute atomic E-state index is 13.3. The molecule has 0 bridgehead atoms. The van der Waals surface area contributed by atoms with Crippen LogP contribution in [0.2, 0.25) is 0 Å². The number of fused-ring (bicyclic) bond motifs is 1. The standard InChI is InChI=1S/C21H24F2N6.C6H14/c1-13(2)25-17-4-5-18(26-14(17)3)16-8-11-29-19(16)12-24-20(28-29)27-15-6-9-21(22,23)10-7-15;1-5-6(2,3)4/h4-5,8,11-12,15H,6-7,9-10H2,1-3H3,(H,27,28);5H2,1-4H3. The van der Waals surface area contributed by atoms with Gasteiger partial charge in [0.2, 0.25) is 11.9 Å². The molecule has 3 aromatic rings. The minimum absolute atomic E-state index is 0.0263. The lowest BCUT2D eigenvalue weighted by molar-refractivity contribution is -0.0361. The molecule has 3 aromatic heterocycles. The number of rotatable bonds is 4. The van der Waals surface area contributed by atoms with Crippen molar-refractivity contribution in [1.29, 1.82) is 0 Å². The van der Waals surface area contributed by atoms with Gasteiger partial charge in [-0.25, -0.2) is 18.3 Å². The summed E-state index contributed by atoms with van der Waals surface area (Å²) in [6, 6.07) is 5.83. The van der Waals surface area contributed by atoms with Gasteiger partial charge < -0.3 is 5.32 Å². The fourth-order valence-corrected chi connectivity index (χ4v) is 3.61. The predicted octanol–water partition coefficient (Wildman–Crippen LogP) is 7.64. The van der Waals surface area contributed by atoms with Gasteiger partial charge in [0.05, 0.1) is 28.8 Å². The number of hydrogen-bond donors (Lipinski definition) is 1. The zero-order valence-corrected chi connectivity index (χ0v) is 22.0. The van der Waals surface area contributed by atoms with Gasteiger partial charge in [-0.1, -0.05) is 34.1 Å². The molecule has 0 amide bonds. The third-order valence-electron chi connectivity index (χ3n) is 6.21. The molecule has 0 saturated heterocycles. The minimum atomic E-state index is -2.54. The normalized spacial score (nSPS) is 15.9. The SMILES string of the molecule is CC(C)=Nc1ccc(-c2ccn3nc(NC4CCC(F)(F)CC4)ncc23)nc1C.CCC(C)(C)C. The predicted molar refractivity (Wildman–Crippen MR) is 140 cm³/mol. The molecule has 8 heteroatoms. The van der Waals surface area contributed by atoms with Crippen LogP contribution in [0.3, 0.4) is 0 Å². The first-order valence-corrected chi connectivity index (χ1v) is 12.4. The van der Waals surface area contributed by atoms with Gasteiger partial charge in [0.1, 0.15) is 0 Å². The number of hydrogen-bond acceptors (Lipinski definition) is 5. The van der Waals surface area contributed by atoms with Crippen molar-refractivity contribution >= 4 is 22.9 Å². The molecule has 1 aliphatic rings. The molecule has 6 nitrogen and oxygen atoms in total. The summed E-state index contributed by atoms with van der Waals surface area (Å²) in [4.78, 5) is 13.6. The Bertz CT molecular complexity index is 1160. The third kappa shape index (κ3) is 7.54. The van der Waals surface area contributed by atoms with Crippen molar-refractivity contribution in [2.75, 3.05) is 5.32 Å². The van der Waals surface area contributed by atoms with Gasteiger partial charge in [-0.05, 0) is 57.2 Å². The van der Waals surface area contributed by atoms with Gasteiger partial charge >= 0.3 is 0 Å². The van der Waals surface area contributed by atoms with Crippen LogP contribution in [0.1, 0.15) is 79.3 Å². The van der Waals surface area contributed by atoms with E-state index in [1.807, 2.05) is 45.2 Å². The van der Waals surface area contributed by atoms with Gasteiger partial charge in [-0.2, -0.15) is 0 Å². The number of halogens is 2. The van der Waals surface area contributed by atoms with E-state index in [1.54, 1.807) is 10.7 Å². The Kier molecular flexibility index (Phi) is 8.23. The highest BCUT2D eigenvalue weighted by Gasteiger charge is 2.35. The second-order valence-corrected chi connectivity index (χ2v) is 10.7. The largest absolute Gasteiger partial charge is 0.350 e. The average Bonchev–Trinajstić information content (AvgIpc) is 3.19. The summed E-state index contributed by atoms with van der Waals surface area (Å²) in [7, 11) is 0. The Hall–Kier alpha value is -2.90. The summed E-state index contributed by atoms with van der Waals surface area (Å²) in [5.41, 5.74) is 5.83. The fraction of sp³-hybridized carbons (Fsp3) is 0.556. The number of nitrogens with one attached hydrogen (secondary N) is 1. The van der Waals surface area contributed by atoms with E-state index in [9.17, 15) is 8.78 Å². The molecule has 1 aliphatic carbocycles. The van der Waals surface area contributed by atoms with Crippen LogP contribution in [0, 0.1) is 12.3 Å². The highest BCUT2D eigenvalue weighted by atomic mass is 19.3. The minimum Gasteiger partial charge on any atom is -0.350 e. The van der Waals surface area contributed by atoms with Crippen molar-refractivity contribution in [2.24, 2.45) is 10.4 Å². The summed E-state index contributed by atoms with van der Waals surface area (Å²) >= 11 is 0. The van der Waals surface area contributed by atoms with E-state index in [0.29, 0.717) is 24.2 Å². The molecular weight excluding hydrogens is 446 g/mol. The maximum atomic E-state index is 13.3. The van der Waals surface area contributed by atoms with Crippen molar-refractivity contribution in [3.63, 3.8) is 0 Å². The van der Waals surface area contributed by atoms with Gasteiger partial charge in [-0.15, -0.1) is 5.10 Å². The molecule has 0 spiro atoms. The van der Waals surface area contributed by atoms with E-state index in [4.69, 9.17) is 0 Å². The van der Waals surface area contributed by atoms with E-state index in [2.05, 4.69) is 53.1 Å². The van der Waals surface area contributed by atoms with Crippen LogP contribution in [0.15, 0.2) is 35.6 Å². The second kappa shape index (κ2) is 10.8. The van der Waals surface area contributed by atoms with Gasteiger partial charge in [0.25, 0.3) is 0 Å². The number of pyridine rings is 1. The number of aromatic nitrogens is 4. The molecule has 0 aromatic carbocycles. The van der Waals surface area contributed by atoms with Crippen molar-refractivity contribution in [3.05, 3.63) is 36.3 Å². The number of anilines is 1. The van der Waals surface area contributed by atoms with Crippen LogP contribution < -0.4 is 5.32 Å². The molecule has 190 valence electrons. The van der Waals surface area contributed by atoms with Gasteiger partial charge in [0, 0.05) is 36.4 Å². The van der Waals surface area contributed by atoms with Gasteiger partial charge in [0.15, 0.2) is 0 Å². The Morgan fingerprint density at radius 2 is 1.83 bits per heavy atom. The molecule has 1 N–H and O–H groups in total. The monoisotopic (exact) mass is 484 g/mol. The molecule has 0 aliphatic heterocycles. The zero-order valence-electron chi connectivity index (χ0n) is 22.0. The molecule has 1 saturated carbocycles. The number of alkyl halides is 2. The topological polar surface area (TPSA) is 67.5 Å². The molecular formula is C27H38F2N6. The van der Waals surface area contributed by atoms with E-state index in [-0.39, 0.29) is 18.9 Å². The quantitative estimate of drug-likeness (QED) is 0.386. The van der Waals surface area contributed by atoms with Crippen LogP contribution >= 0.6 is 0 Å². The Balaban J connectivity index is 0.000000509.